The third kappa shape index (κ3) is 7.74. The first-order valence-electron chi connectivity index (χ1n) is 4.66. The summed E-state index contributed by atoms with van der Waals surface area (Å²) in [7, 11) is 1.61. The van der Waals surface area contributed by atoms with E-state index in [2.05, 4.69) is 5.32 Å². The fourth-order valence-electron chi connectivity index (χ4n) is 0.876. The van der Waals surface area contributed by atoms with Crippen molar-refractivity contribution in [2.45, 2.75) is 19.8 Å². The van der Waals surface area contributed by atoms with Gasteiger partial charge in [-0.15, -0.1) is 0 Å². The summed E-state index contributed by atoms with van der Waals surface area (Å²) >= 11 is 0. The van der Waals surface area contributed by atoms with E-state index >= 15 is 0 Å². The number of ether oxygens (including phenoxy) is 1. The Morgan fingerprint density at radius 3 is 2.85 bits per heavy atom. The van der Waals surface area contributed by atoms with Crippen molar-refractivity contribution in [1.29, 1.82) is 0 Å². The van der Waals surface area contributed by atoms with Gasteiger partial charge in [0.2, 0.25) is 5.91 Å². The van der Waals surface area contributed by atoms with Gasteiger partial charge < -0.3 is 15.8 Å². The topological polar surface area (TPSA) is 64.3 Å². The van der Waals surface area contributed by atoms with Crippen LogP contribution in [-0.2, 0) is 9.53 Å². The molecule has 78 valence electrons. The van der Waals surface area contributed by atoms with Crippen LogP contribution in [0.15, 0.2) is 0 Å². The van der Waals surface area contributed by atoms with Crippen LogP contribution in [0.1, 0.15) is 19.8 Å². The molecule has 0 aromatic rings. The lowest BCUT2D eigenvalue weighted by Crippen LogP contribution is -2.27. The summed E-state index contributed by atoms with van der Waals surface area (Å²) in [5, 5.41) is 2.76. The normalized spacial score (nSPS) is 12.5. The predicted octanol–water partition coefficient (Wildman–Crippen LogP) is 0.124. The summed E-state index contributed by atoms with van der Waals surface area (Å²) in [5.41, 5.74) is 5.43. The van der Waals surface area contributed by atoms with Gasteiger partial charge in [0.25, 0.3) is 0 Å². The zero-order chi connectivity index (χ0) is 10.1. The van der Waals surface area contributed by atoms with Crippen LogP contribution >= 0.6 is 0 Å². The molecule has 0 saturated carbocycles. The quantitative estimate of drug-likeness (QED) is 0.558. The predicted molar refractivity (Wildman–Crippen MR) is 52.3 cm³/mol. The summed E-state index contributed by atoms with van der Waals surface area (Å²) in [6.07, 6.45) is 1.41. The van der Waals surface area contributed by atoms with Crippen LogP contribution in [0, 0.1) is 5.92 Å². The number of nitrogens with two attached hydrogens (primary N) is 1. The minimum Gasteiger partial charge on any atom is -0.383 e. The molecule has 0 aliphatic heterocycles. The van der Waals surface area contributed by atoms with E-state index in [9.17, 15) is 4.79 Å². The van der Waals surface area contributed by atoms with Gasteiger partial charge in [0.15, 0.2) is 0 Å². The number of hydrogen-bond donors (Lipinski definition) is 2. The number of carbonyl (C=O) groups is 1. The van der Waals surface area contributed by atoms with Crippen molar-refractivity contribution < 1.29 is 9.53 Å². The molecule has 3 N–H and O–H groups in total. The maximum atomic E-state index is 11.1. The van der Waals surface area contributed by atoms with Crippen molar-refractivity contribution >= 4 is 5.91 Å². The Morgan fingerprint density at radius 1 is 1.62 bits per heavy atom. The van der Waals surface area contributed by atoms with Gasteiger partial charge in [0, 0.05) is 20.1 Å². The molecule has 0 heterocycles. The average Bonchev–Trinajstić information content (AvgIpc) is 2.14. The van der Waals surface area contributed by atoms with E-state index in [1.54, 1.807) is 7.11 Å². The van der Waals surface area contributed by atoms with Gasteiger partial charge >= 0.3 is 0 Å². The highest BCUT2D eigenvalue weighted by atomic mass is 16.5. The third-order valence-corrected chi connectivity index (χ3v) is 1.89. The molecular weight excluding hydrogens is 168 g/mol. The minimum atomic E-state index is 0.0809. The molecule has 0 aliphatic carbocycles. The highest BCUT2D eigenvalue weighted by Gasteiger charge is 2.04. The number of methoxy groups -OCH3 is 1. The maximum absolute atomic E-state index is 11.1. The van der Waals surface area contributed by atoms with Crippen molar-refractivity contribution in [2.75, 3.05) is 26.8 Å². The zero-order valence-electron chi connectivity index (χ0n) is 8.51. The largest absolute Gasteiger partial charge is 0.383 e. The molecule has 0 bridgehead atoms. The van der Waals surface area contributed by atoms with Gasteiger partial charge in [-0.2, -0.15) is 0 Å². The van der Waals surface area contributed by atoms with E-state index in [0.717, 1.165) is 6.42 Å². The second-order valence-corrected chi connectivity index (χ2v) is 3.22. The van der Waals surface area contributed by atoms with Gasteiger partial charge in [-0.25, -0.2) is 0 Å². The van der Waals surface area contributed by atoms with Crippen molar-refractivity contribution in [2.24, 2.45) is 11.7 Å². The van der Waals surface area contributed by atoms with Crippen molar-refractivity contribution in [1.82, 2.24) is 5.32 Å². The van der Waals surface area contributed by atoms with Crippen molar-refractivity contribution in [3.05, 3.63) is 0 Å². The Bertz CT molecular complexity index is 140. The van der Waals surface area contributed by atoms with E-state index < -0.39 is 0 Å². The van der Waals surface area contributed by atoms with Gasteiger partial charge in [-0.3, -0.25) is 4.79 Å². The Kier molecular flexibility index (Phi) is 7.63. The molecule has 0 radical (unpaired) electrons. The molecule has 0 spiro atoms. The fourth-order valence-corrected chi connectivity index (χ4v) is 0.876. The first-order chi connectivity index (χ1) is 6.20. The average molecular weight is 188 g/mol. The van der Waals surface area contributed by atoms with Gasteiger partial charge in [-0.05, 0) is 18.9 Å². The van der Waals surface area contributed by atoms with Crippen LogP contribution < -0.4 is 11.1 Å². The minimum absolute atomic E-state index is 0.0809. The first kappa shape index (κ1) is 12.4. The van der Waals surface area contributed by atoms with Crippen LogP contribution in [-0.4, -0.2) is 32.7 Å². The smallest absolute Gasteiger partial charge is 0.220 e. The van der Waals surface area contributed by atoms with Gasteiger partial charge in [0.05, 0.1) is 6.61 Å². The molecule has 13 heavy (non-hydrogen) atoms. The standard InChI is InChI=1S/C9H20N2O2/c1-8(7-10)3-4-9(12)11-5-6-13-2/h8H,3-7,10H2,1-2H3,(H,11,12). The van der Waals surface area contributed by atoms with E-state index in [0.29, 0.717) is 32.0 Å². The van der Waals surface area contributed by atoms with E-state index in [-0.39, 0.29) is 5.91 Å². The lowest BCUT2D eigenvalue weighted by Gasteiger charge is -2.08. The van der Waals surface area contributed by atoms with Crippen LogP contribution in [0.5, 0.6) is 0 Å². The van der Waals surface area contributed by atoms with Gasteiger partial charge in [0.1, 0.15) is 0 Å². The molecule has 0 aromatic heterocycles. The number of hydrogen-bond acceptors (Lipinski definition) is 3. The van der Waals surface area contributed by atoms with Crippen LogP contribution in [0.2, 0.25) is 0 Å². The second-order valence-electron chi connectivity index (χ2n) is 3.22. The summed E-state index contributed by atoms with van der Waals surface area (Å²) in [6.45, 7) is 3.85. The highest BCUT2D eigenvalue weighted by molar-refractivity contribution is 5.75. The summed E-state index contributed by atoms with van der Waals surface area (Å²) in [4.78, 5) is 11.1. The molecule has 1 unspecified atom stereocenters. The lowest BCUT2D eigenvalue weighted by molar-refractivity contribution is -0.121. The molecule has 0 aliphatic rings. The molecule has 1 atom stereocenters. The summed E-state index contributed by atoms with van der Waals surface area (Å²) in [6, 6.07) is 0. The molecule has 0 saturated heterocycles. The number of rotatable bonds is 7. The molecule has 0 aromatic carbocycles. The number of amides is 1. The summed E-state index contributed by atoms with van der Waals surface area (Å²) < 4.78 is 4.80. The zero-order valence-corrected chi connectivity index (χ0v) is 8.51. The Balaban J connectivity index is 3.30. The molecule has 4 nitrogen and oxygen atoms in total. The van der Waals surface area contributed by atoms with Crippen molar-refractivity contribution in [3.63, 3.8) is 0 Å². The first-order valence-corrected chi connectivity index (χ1v) is 4.66. The lowest BCUT2D eigenvalue weighted by atomic mass is 10.1. The molecular formula is C9H20N2O2. The number of carbonyl (C=O) groups excluding carboxylic acids is 1. The maximum Gasteiger partial charge on any atom is 0.220 e. The number of nitrogens with one attached hydrogen (secondary N) is 1. The second kappa shape index (κ2) is 8.01. The van der Waals surface area contributed by atoms with Crippen LogP contribution in [0.25, 0.3) is 0 Å². The Morgan fingerprint density at radius 2 is 2.31 bits per heavy atom. The summed E-state index contributed by atoms with van der Waals surface area (Å²) in [5.74, 6) is 0.505. The Labute approximate surface area is 79.8 Å². The fraction of sp³-hybridized carbons (Fsp3) is 0.889. The highest BCUT2D eigenvalue weighted by Crippen LogP contribution is 2.02. The van der Waals surface area contributed by atoms with Gasteiger partial charge in [-0.1, -0.05) is 6.92 Å². The van der Waals surface area contributed by atoms with Crippen LogP contribution in [0.3, 0.4) is 0 Å². The Hall–Kier alpha value is -0.610. The third-order valence-electron chi connectivity index (χ3n) is 1.89. The van der Waals surface area contributed by atoms with E-state index in [4.69, 9.17) is 10.5 Å². The van der Waals surface area contributed by atoms with E-state index in [1.165, 1.54) is 0 Å². The molecule has 1 amide bonds. The monoisotopic (exact) mass is 188 g/mol. The molecule has 0 rings (SSSR count). The molecule has 4 heteroatoms. The SMILES string of the molecule is COCCNC(=O)CCC(C)CN. The van der Waals surface area contributed by atoms with Crippen LogP contribution in [0.4, 0.5) is 0 Å². The molecule has 0 fully saturated rings. The van der Waals surface area contributed by atoms with Crippen molar-refractivity contribution in [3.8, 4) is 0 Å². The van der Waals surface area contributed by atoms with E-state index in [1.807, 2.05) is 6.92 Å².